The van der Waals surface area contributed by atoms with Crippen LogP contribution in [0.1, 0.15) is 26.7 Å². The summed E-state index contributed by atoms with van der Waals surface area (Å²) in [6.45, 7) is 4.26. The van der Waals surface area contributed by atoms with Crippen LogP contribution >= 0.6 is 0 Å². The minimum absolute atomic E-state index is 0.0899. The van der Waals surface area contributed by atoms with E-state index in [0.717, 1.165) is 0 Å². The van der Waals surface area contributed by atoms with Crippen molar-refractivity contribution in [3.63, 3.8) is 0 Å². The second-order valence-corrected chi connectivity index (χ2v) is 4.87. The Balaban J connectivity index is 2.11. The van der Waals surface area contributed by atoms with Gasteiger partial charge in [0.05, 0.1) is 13.0 Å². The first-order valence-electron chi connectivity index (χ1n) is 6.92. The van der Waals surface area contributed by atoms with Gasteiger partial charge < -0.3 is 15.4 Å². The molecular weight excluding hydrogens is 275 g/mol. The molecule has 6 heteroatoms. The highest BCUT2D eigenvalue weighted by Gasteiger charge is 2.05. The molecule has 21 heavy (non-hydrogen) atoms. The van der Waals surface area contributed by atoms with Crippen molar-refractivity contribution >= 4 is 11.8 Å². The Labute approximate surface area is 123 Å². The maximum Gasteiger partial charge on any atom is 0.223 e. The fraction of sp³-hybridized carbons (Fsp3) is 0.467. The van der Waals surface area contributed by atoms with Crippen LogP contribution in [-0.4, -0.2) is 31.0 Å². The van der Waals surface area contributed by atoms with Gasteiger partial charge in [-0.3, -0.25) is 9.59 Å². The SMILES string of the molecule is CC(C)NC(=O)CCNC(=O)CCOc1ccc(F)cc1. The molecule has 0 spiro atoms. The molecule has 0 heterocycles. The maximum atomic E-state index is 12.7. The summed E-state index contributed by atoms with van der Waals surface area (Å²) in [6.07, 6.45) is 0.436. The van der Waals surface area contributed by atoms with E-state index >= 15 is 0 Å². The number of carbonyl (C=O) groups excluding carboxylic acids is 2. The number of nitrogens with one attached hydrogen (secondary N) is 2. The minimum atomic E-state index is -0.334. The van der Waals surface area contributed by atoms with E-state index in [9.17, 15) is 14.0 Å². The van der Waals surface area contributed by atoms with Crippen LogP contribution in [0, 0.1) is 5.82 Å². The van der Waals surface area contributed by atoms with E-state index in [1.54, 1.807) is 0 Å². The number of ether oxygens (including phenoxy) is 1. The first-order valence-corrected chi connectivity index (χ1v) is 6.92. The van der Waals surface area contributed by atoms with Crippen LogP contribution in [-0.2, 0) is 9.59 Å². The van der Waals surface area contributed by atoms with Gasteiger partial charge in [-0.1, -0.05) is 0 Å². The Kier molecular flexibility index (Phi) is 7.21. The molecule has 0 saturated carbocycles. The Hall–Kier alpha value is -2.11. The third kappa shape index (κ3) is 7.91. The average molecular weight is 296 g/mol. The van der Waals surface area contributed by atoms with Gasteiger partial charge in [-0.2, -0.15) is 0 Å². The van der Waals surface area contributed by atoms with Crippen molar-refractivity contribution < 1.29 is 18.7 Å². The number of hydrogen-bond acceptors (Lipinski definition) is 3. The summed E-state index contributed by atoms with van der Waals surface area (Å²) in [7, 11) is 0. The third-order valence-corrected chi connectivity index (χ3v) is 2.54. The molecule has 1 aromatic rings. The van der Waals surface area contributed by atoms with Crippen LogP contribution in [0.5, 0.6) is 5.75 Å². The van der Waals surface area contributed by atoms with Gasteiger partial charge in [-0.15, -0.1) is 0 Å². The van der Waals surface area contributed by atoms with E-state index in [-0.39, 0.29) is 43.1 Å². The van der Waals surface area contributed by atoms with E-state index in [1.807, 2.05) is 13.8 Å². The molecule has 5 nitrogen and oxygen atoms in total. The third-order valence-electron chi connectivity index (χ3n) is 2.54. The Morgan fingerprint density at radius 2 is 1.81 bits per heavy atom. The summed E-state index contributed by atoms with van der Waals surface area (Å²) in [6, 6.07) is 5.69. The van der Waals surface area contributed by atoms with Gasteiger partial charge in [0.1, 0.15) is 11.6 Å². The standard InChI is InChI=1S/C15H21FN2O3/c1-11(2)18-15(20)7-9-17-14(19)8-10-21-13-5-3-12(16)4-6-13/h3-6,11H,7-10H2,1-2H3,(H,17,19)(H,18,20). The second-order valence-electron chi connectivity index (χ2n) is 4.87. The summed E-state index contributed by atoms with van der Waals surface area (Å²) in [4.78, 5) is 22.9. The van der Waals surface area contributed by atoms with E-state index in [1.165, 1.54) is 24.3 Å². The van der Waals surface area contributed by atoms with Gasteiger partial charge >= 0.3 is 0 Å². The highest BCUT2D eigenvalue weighted by molar-refractivity contribution is 5.79. The molecule has 0 aromatic heterocycles. The summed E-state index contributed by atoms with van der Waals surface area (Å²) < 4.78 is 18.0. The van der Waals surface area contributed by atoms with Gasteiger partial charge in [0.2, 0.25) is 11.8 Å². The van der Waals surface area contributed by atoms with Gasteiger partial charge in [-0.05, 0) is 38.1 Å². The van der Waals surface area contributed by atoms with Crippen molar-refractivity contribution in [1.29, 1.82) is 0 Å². The van der Waals surface area contributed by atoms with Crippen LogP contribution in [0.2, 0.25) is 0 Å². The lowest BCUT2D eigenvalue weighted by Gasteiger charge is -2.09. The van der Waals surface area contributed by atoms with Crippen LogP contribution in [0.3, 0.4) is 0 Å². The zero-order chi connectivity index (χ0) is 15.7. The monoisotopic (exact) mass is 296 g/mol. The fourth-order valence-corrected chi connectivity index (χ4v) is 1.59. The minimum Gasteiger partial charge on any atom is -0.493 e. The largest absolute Gasteiger partial charge is 0.493 e. The smallest absolute Gasteiger partial charge is 0.223 e. The topological polar surface area (TPSA) is 67.4 Å². The summed E-state index contributed by atoms with van der Waals surface area (Å²) >= 11 is 0. The lowest BCUT2D eigenvalue weighted by Crippen LogP contribution is -2.34. The Morgan fingerprint density at radius 1 is 1.14 bits per heavy atom. The van der Waals surface area contributed by atoms with Gasteiger partial charge in [-0.25, -0.2) is 4.39 Å². The molecule has 0 aliphatic rings. The number of rotatable bonds is 8. The molecule has 1 rings (SSSR count). The second kappa shape index (κ2) is 8.94. The maximum absolute atomic E-state index is 12.7. The Bertz CT molecular complexity index is 460. The quantitative estimate of drug-likeness (QED) is 0.766. The van der Waals surface area contributed by atoms with E-state index in [2.05, 4.69) is 10.6 Å². The zero-order valence-corrected chi connectivity index (χ0v) is 12.3. The molecule has 2 N–H and O–H groups in total. The van der Waals surface area contributed by atoms with Crippen LogP contribution in [0.25, 0.3) is 0 Å². The molecule has 1 aromatic carbocycles. The van der Waals surface area contributed by atoms with Crippen LogP contribution in [0.4, 0.5) is 4.39 Å². The molecule has 0 unspecified atom stereocenters. The fourth-order valence-electron chi connectivity index (χ4n) is 1.59. The summed E-state index contributed by atoms with van der Waals surface area (Å²) in [5, 5.41) is 5.38. The Morgan fingerprint density at radius 3 is 2.43 bits per heavy atom. The van der Waals surface area contributed by atoms with Crippen molar-refractivity contribution in [1.82, 2.24) is 10.6 Å². The van der Waals surface area contributed by atoms with E-state index in [0.29, 0.717) is 12.3 Å². The molecule has 2 amide bonds. The van der Waals surface area contributed by atoms with Crippen molar-refractivity contribution in [3.05, 3.63) is 30.1 Å². The number of hydrogen-bond donors (Lipinski definition) is 2. The molecule has 0 saturated heterocycles. The molecule has 0 atom stereocenters. The average Bonchev–Trinajstić information content (AvgIpc) is 2.40. The predicted molar refractivity (Wildman–Crippen MR) is 77.4 cm³/mol. The summed E-state index contributed by atoms with van der Waals surface area (Å²) in [5.74, 6) is -0.0948. The highest BCUT2D eigenvalue weighted by atomic mass is 19.1. The summed E-state index contributed by atoms with van der Waals surface area (Å²) in [5.41, 5.74) is 0. The molecule has 0 bridgehead atoms. The van der Waals surface area contributed by atoms with Gasteiger partial charge in [0, 0.05) is 19.0 Å². The van der Waals surface area contributed by atoms with Crippen LogP contribution in [0.15, 0.2) is 24.3 Å². The van der Waals surface area contributed by atoms with E-state index in [4.69, 9.17) is 4.74 Å². The molecule has 0 fully saturated rings. The van der Waals surface area contributed by atoms with E-state index < -0.39 is 0 Å². The predicted octanol–water partition coefficient (Wildman–Crippen LogP) is 1.63. The van der Waals surface area contributed by atoms with Gasteiger partial charge in [0.15, 0.2) is 0 Å². The molecule has 116 valence electrons. The van der Waals surface area contributed by atoms with Crippen molar-refractivity contribution in [3.8, 4) is 5.75 Å². The zero-order valence-electron chi connectivity index (χ0n) is 12.3. The molecule has 0 aliphatic carbocycles. The molecular formula is C15H21FN2O3. The number of amides is 2. The lowest BCUT2D eigenvalue weighted by molar-refractivity contribution is -0.122. The number of benzene rings is 1. The first-order chi connectivity index (χ1) is 9.97. The molecule has 0 radical (unpaired) electrons. The van der Waals surface area contributed by atoms with Crippen molar-refractivity contribution in [2.45, 2.75) is 32.7 Å². The number of carbonyl (C=O) groups is 2. The van der Waals surface area contributed by atoms with Crippen molar-refractivity contribution in [2.24, 2.45) is 0 Å². The number of halogens is 1. The normalized spacial score (nSPS) is 10.3. The lowest BCUT2D eigenvalue weighted by atomic mass is 10.3. The van der Waals surface area contributed by atoms with Crippen molar-refractivity contribution in [2.75, 3.05) is 13.2 Å². The molecule has 0 aliphatic heterocycles. The van der Waals surface area contributed by atoms with Crippen LogP contribution < -0.4 is 15.4 Å². The van der Waals surface area contributed by atoms with Gasteiger partial charge in [0.25, 0.3) is 0 Å². The first kappa shape index (κ1) is 16.9. The highest BCUT2D eigenvalue weighted by Crippen LogP contribution is 2.10.